The molecule has 6 nitrogen and oxygen atoms in total. The van der Waals surface area contributed by atoms with Crippen molar-refractivity contribution >= 4 is 31.5 Å². The normalized spacial score (nSPS) is 10.3. The number of halogens is 3. The Morgan fingerprint density at radius 1 is 1.48 bits per heavy atom. The Labute approximate surface area is 139 Å². The first-order chi connectivity index (χ1) is 10.6. The van der Waals surface area contributed by atoms with Crippen molar-refractivity contribution < 1.29 is 27.8 Å². The number of nitrogens with zero attached hydrogens (tertiary/aromatic N) is 3. The van der Waals surface area contributed by atoms with Crippen molar-refractivity contribution in [2.24, 2.45) is 0 Å². The number of alkyl halides is 2. The molecule has 0 radical (unpaired) electrons. The molecule has 0 N–H and O–H groups in total. The largest absolute Gasteiger partial charge is 0.471 e. The molecule has 0 spiro atoms. The van der Waals surface area contributed by atoms with Gasteiger partial charge in [0, 0.05) is 0 Å². The van der Waals surface area contributed by atoms with Crippen LogP contribution < -0.4 is 4.74 Å². The van der Waals surface area contributed by atoms with Crippen LogP contribution in [0.5, 0.6) is 5.88 Å². The number of pyridine rings is 1. The molecule has 0 unspecified atom stereocenters. The fraction of sp³-hybridized carbons (Fsp3) is 0.462. The van der Waals surface area contributed by atoms with Gasteiger partial charge in [-0.25, -0.2) is 18.6 Å². The molecule has 1 heterocycles. The van der Waals surface area contributed by atoms with Crippen molar-refractivity contribution in [3.05, 3.63) is 28.4 Å². The number of ether oxygens (including phenoxy) is 2. The van der Waals surface area contributed by atoms with Gasteiger partial charge in [-0.1, -0.05) is 31.2 Å². The van der Waals surface area contributed by atoms with Crippen LogP contribution in [-0.4, -0.2) is 49.8 Å². The van der Waals surface area contributed by atoms with Gasteiger partial charge in [-0.15, -0.1) is 0 Å². The number of carbonyl (C=O) groups is 1. The number of aromatic nitrogens is 1. The third kappa shape index (κ3) is 9.72. The minimum atomic E-state index is -2.66. The molecule has 1 aromatic heterocycles. The van der Waals surface area contributed by atoms with Crippen LogP contribution in [0.1, 0.15) is 10.4 Å². The number of hydrogen-bond donors (Lipinski definition) is 0. The maximum atomic E-state index is 11.9. The molecule has 10 heteroatoms. The summed E-state index contributed by atoms with van der Waals surface area (Å²) >= 11 is 5.55. The minimum absolute atomic E-state index is 0.0388. The topological polar surface area (TPSA) is 84.8 Å². The third-order valence-corrected chi connectivity index (χ3v) is 3.12. The average Bonchev–Trinajstić information content (AvgIpc) is 2.43. The number of carbonyl (C=O) groups excluding carboxylic acids is 1. The predicted molar refractivity (Wildman–Crippen MR) is 85.1 cm³/mol. The Morgan fingerprint density at radius 2 is 2.09 bits per heavy atom. The van der Waals surface area contributed by atoms with E-state index < -0.39 is 27.1 Å². The molecule has 0 aromatic carbocycles. The monoisotopic (exact) mass is 365 g/mol. The van der Waals surface area contributed by atoms with Crippen LogP contribution in [0.2, 0.25) is 24.8 Å². The zero-order valence-corrected chi connectivity index (χ0v) is 15.0. The van der Waals surface area contributed by atoms with Gasteiger partial charge < -0.3 is 15.0 Å². The van der Waals surface area contributed by atoms with E-state index in [0.29, 0.717) is 0 Å². The van der Waals surface area contributed by atoms with Gasteiger partial charge in [-0.05, 0) is 12.1 Å². The van der Waals surface area contributed by atoms with Gasteiger partial charge in [0.2, 0.25) is 11.7 Å². The first kappa shape index (κ1) is 21.2. The van der Waals surface area contributed by atoms with Crippen LogP contribution in [0.4, 0.5) is 8.78 Å². The zero-order valence-electron chi connectivity index (χ0n) is 13.2. The molecule has 0 aliphatic heterocycles. The van der Waals surface area contributed by atoms with E-state index in [0.717, 1.165) is 7.11 Å². The van der Waals surface area contributed by atoms with Gasteiger partial charge in [-0.3, -0.25) is 0 Å². The molecule has 128 valence electrons. The molecule has 0 bridgehead atoms. The van der Waals surface area contributed by atoms with E-state index in [1.807, 2.05) is 0 Å². The summed E-state index contributed by atoms with van der Waals surface area (Å²) in [5.41, 5.74) is 7.96. The summed E-state index contributed by atoms with van der Waals surface area (Å²) < 4.78 is 33.0. The average molecular weight is 366 g/mol. The van der Waals surface area contributed by atoms with Crippen LogP contribution in [0.15, 0.2) is 12.1 Å². The Hall–Kier alpha value is -1.83. The molecular formula is C13H18ClF2N3O3Si. The highest BCUT2D eigenvalue weighted by Crippen LogP contribution is 2.20. The van der Waals surface area contributed by atoms with Crippen molar-refractivity contribution in [3.8, 4) is 5.88 Å². The number of methoxy groups -OCH3 is 1. The van der Waals surface area contributed by atoms with Crippen LogP contribution in [0.3, 0.4) is 0 Å². The molecule has 23 heavy (non-hydrogen) atoms. The smallest absolute Gasteiger partial charge is 0.343 e. The third-order valence-electron chi connectivity index (χ3n) is 2.02. The Bertz CT molecular complexity index is 576. The quantitative estimate of drug-likeness (QED) is 0.200. The van der Waals surface area contributed by atoms with Crippen molar-refractivity contribution in [2.75, 3.05) is 13.7 Å². The zero-order chi connectivity index (χ0) is 18.0. The summed E-state index contributed by atoms with van der Waals surface area (Å²) in [4.78, 5) is 17.8. The molecule has 0 aliphatic rings. The SMILES string of the molecule is COC(=O)c1ccc(Cl)nc1OCC(F)F.C[Si](C)(C)C=[N+]=[N-]. The van der Waals surface area contributed by atoms with Gasteiger partial charge >= 0.3 is 5.97 Å². The van der Waals surface area contributed by atoms with E-state index in [-0.39, 0.29) is 16.6 Å². The van der Waals surface area contributed by atoms with Crippen molar-refractivity contribution in [3.63, 3.8) is 0 Å². The summed E-state index contributed by atoms with van der Waals surface area (Å²) in [6, 6.07) is 2.63. The van der Waals surface area contributed by atoms with Gasteiger partial charge in [0.1, 0.15) is 10.7 Å². The van der Waals surface area contributed by atoms with Crippen LogP contribution in [0, 0.1) is 0 Å². The molecular weight excluding hydrogens is 348 g/mol. The Balaban J connectivity index is 0.000000585. The van der Waals surface area contributed by atoms with Crippen LogP contribution in [-0.2, 0) is 4.74 Å². The second kappa shape index (κ2) is 10.0. The van der Waals surface area contributed by atoms with E-state index in [1.54, 1.807) is 5.84 Å². The van der Waals surface area contributed by atoms with E-state index in [9.17, 15) is 13.6 Å². The molecule has 0 atom stereocenters. The maximum absolute atomic E-state index is 11.9. The lowest BCUT2D eigenvalue weighted by atomic mass is 10.3. The highest BCUT2D eigenvalue weighted by Gasteiger charge is 2.16. The second-order valence-corrected chi connectivity index (χ2v) is 10.7. The molecule has 0 aliphatic carbocycles. The van der Waals surface area contributed by atoms with Crippen molar-refractivity contribution in [1.82, 2.24) is 4.98 Å². The molecule has 0 saturated heterocycles. The van der Waals surface area contributed by atoms with Gasteiger partial charge in [-0.2, -0.15) is 4.79 Å². The Morgan fingerprint density at radius 3 is 2.48 bits per heavy atom. The molecule has 0 saturated carbocycles. The van der Waals surface area contributed by atoms with Crippen molar-refractivity contribution in [1.29, 1.82) is 0 Å². The van der Waals surface area contributed by atoms with Crippen molar-refractivity contribution in [2.45, 2.75) is 26.1 Å². The van der Waals surface area contributed by atoms with E-state index in [1.165, 1.54) is 12.1 Å². The predicted octanol–water partition coefficient (Wildman–Crippen LogP) is 3.33. The summed E-state index contributed by atoms with van der Waals surface area (Å²) in [5, 5.41) is 0.0388. The summed E-state index contributed by atoms with van der Waals surface area (Å²) in [7, 11) is -0.0383. The van der Waals surface area contributed by atoms with E-state index in [4.69, 9.17) is 17.1 Å². The first-order valence-electron chi connectivity index (χ1n) is 6.45. The van der Waals surface area contributed by atoms with Gasteiger partial charge in [0.05, 0.1) is 7.11 Å². The summed E-state index contributed by atoms with van der Waals surface area (Å²) in [6.45, 7) is 5.45. The molecule has 1 aromatic rings. The summed E-state index contributed by atoms with van der Waals surface area (Å²) in [6.07, 6.45) is -2.66. The fourth-order valence-corrected chi connectivity index (χ4v) is 1.59. The highest BCUT2D eigenvalue weighted by molar-refractivity contribution is 6.98. The van der Waals surface area contributed by atoms with E-state index >= 15 is 0 Å². The lowest BCUT2D eigenvalue weighted by Crippen LogP contribution is -2.22. The number of rotatable bonds is 5. The van der Waals surface area contributed by atoms with E-state index in [2.05, 4.69) is 38.9 Å². The first-order valence-corrected chi connectivity index (χ1v) is 10.4. The number of esters is 1. The lowest BCUT2D eigenvalue weighted by Gasteiger charge is -2.08. The van der Waals surface area contributed by atoms with Gasteiger partial charge in [0.25, 0.3) is 6.43 Å². The standard InChI is InChI=1S/C9H8ClF2NO3.C4H10N2Si/c1-15-9(14)5-2-3-6(10)13-8(5)16-4-7(11)12;1-7(2,3)4-6-5/h2-3,7H,4H2,1H3;4H,1-3H3. The van der Waals surface area contributed by atoms with Crippen LogP contribution >= 0.6 is 11.6 Å². The second-order valence-electron chi connectivity index (χ2n) is 5.29. The van der Waals surface area contributed by atoms with Gasteiger partial charge in [0.15, 0.2) is 14.7 Å². The summed E-state index contributed by atoms with van der Waals surface area (Å²) in [5.74, 6) is 0.639. The lowest BCUT2D eigenvalue weighted by molar-refractivity contribution is 0.00679. The maximum Gasteiger partial charge on any atom is 0.343 e. The number of hydrogen-bond acceptors (Lipinski definition) is 4. The minimum Gasteiger partial charge on any atom is -0.471 e. The highest BCUT2D eigenvalue weighted by atomic mass is 35.5. The Kier molecular flexibility index (Phi) is 9.24. The molecule has 1 rings (SSSR count). The molecule has 0 fully saturated rings. The van der Waals surface area contributed by atoms with Crippen LogP contribution in [0.25, 0.3) is 5.53 Å². The molecule has 0 amide bonds. The fourth-order valence-electron chi connectivity index (χ4n) is 1.11.